The fourth-order valence-corrected chi connectivity index (χ4v) is 6.80. The summed E-state index contributed by atoms with van der Waals surface area (Å²) in [5.74, 6) is 1.78. The van der Waals surface area contributed by atoms with Gasteiger partial charge in [-0.2, -0.15) is 11.8 Å². The Labute approximate surface area is 80.5 Å². The molecule has 2 unspecified atom stereocenters. The second-order valence-electron chi connectivity index (χ2n) is 2.99. The van der Waals surface area contributed by atoms with E-state index >= 15 is 0 Å². The Bertz CT molecular complexity index is 155. The largest absolute Gasteiger partial charge is 0.480 e. The lowest BCUT2D eigenvalue weighted by Gasteiger charge is -2.21. The Kier molecular flexibility index (Phi) is 4.29. The molecule has 0 amide bonds. The van der Waals surface area contributed by atoms with Crippen LogP contribution in [0.2, 0.25) is 0 Å². The smallest absolute Gasteiger partial charge is 0.314 e. The first-order valence-electron chi connectivity index (χ1n) is 4.30. The van der Waals surface area contributed by atoms with Crippen molar-refractivity contribution in [2.45, 2.75) is 25.0 Å². The minimum atomic E-state index is -0.564. The molecule has 0 aromatic carbocycles. The molecule has 2 nitrogen and oxygen atoms in total. The summed E-state index contributed by atoms with van der Waals surface area (Å²) in [7, 11) is -0.190. The number of thioether (sulfide) groups is 1. The molecule has 0 radical (unpaired) electrons. The fourth-order valence-electron chi connectivity index (χ4n) is 1.41. The zero-order chi connectivity index (χ0) is 8.97. The number of carbonyl (C=O) groups is 1. The second kappa shape index (κ2) is 5.02. The highest BCUT2D eigenvalue weighted by molar-refractivity contribution is 8.29. The van der Waals surface area contributed by atoms with E-state index in [1.165, 1.54) is 5.75 Å². The SMILES string of the molecule is CCCC(C(=O)O)[SH]1CCSC1. The van der Waals surface area contributed by atoms with Crippen molar-refractivity contribution in [3.8, 4) is 0 Å². The van der Waals surface area contributed by atoms with E-state index in [9.17, 15) is 4.79 Å². The van der Waals surface area contributed by atoms with Crippen LogP contribution < -0.4 is 0 Å². The van der Waals surface area contributed by atoms with Gasteiger partial charge in [-0.25, -0.2) is 10.9 Å². The van der Waals surface area contributed by atoms with Gasteiger partial charge in [0.25, 0.3) is 0 Å². The molecule has 1 saturated heterocycles. The Hall–Kier alpha value is 0.170. The normalized spacial score (nSPS) is 28.6. The van der Waals surface area contributed by atoms with E-state index in [0.717, 1.165) is 23.7 Å². The molecular weight excluding hydrogens is 192 g/mol. The van der Waals surface area contributed by atoms with Gasteiger partial charge in [0.2, 0.25) is 0 Å². The number of hydrogen-bond donors (Lipinski definition) is 2. The molecule has 1 aliphatic heterocycles. The Balaban J connectivity index is 2.45. The third-order valence-electron chi connectivity index (χ3n) is 2.07. The Morgan fingerprint density at radius 1 is 1.75 bits per heavy atom. The lowest BCUT2D eigenvalue weighted by atomic mass is 10.2. The summed E-state index contributed by atoms with van der Waals surface area (Å²) in [6.45, 7) is 2.06. The average Bonchev–Trinajstić information content (AvgIpc) is 2.51. The molecule has 1 fully saturated rings. The highest BCUT2D eigenvalue weighted by atomic mass is 32.2. The third kappa shape index (κ3) is 2.59. The van der Waals surface area contributed by atoms with Crippen molar-refractivity contribution in [1.82, 2.24) is 0 Å². The summed E-state index contributed by atoms with van der Waals surface area (Å²) in [6, 6.07) is 0. The van der Waals surface area contributed by atoms with Gasteiger partial charge in [0.1, 0.15) is 0 Å². The van der Waals surface area contributed by atoms with Crippen LogP contribution in [-0.4, -0.2) is 32.9 Å². The minimum absolute atomic E-state index is 0.0139. The molecule has 1 N–H and O–H groups in total. The van der Waals surface area contributed by atoms with Gasteiger partial charge in [-0.15, -0.1) is 0 Å². The predicted molar refractivity (Wildman–Crippen MR) is 57.5 cm³/mol. The zero-order valence-electron chi connectivity index (χ0n) is 7.32. The third-order valence-corrected chi connectivity index (χ3v) is 7.08. The van der Waals surface area contributed by atoms with E-state index in [-0.39, 0.29) is 16.1 Å². The summed E-state index contributed by atoms with van der Waals surface area (Å²) in [4.78, 5) is 10.9. The zero-order valence-corrected chi connectivity index (χ0v) is 9.03. The van der Waals surface area contributed by atoms with Crippen molar-refractivity contribution in [3.63, 3.8) is 0 Å². The van der Waals surface area contributed by atoms with E-state index in [0.29, 0.717) is 0 Å². The highest BCUT2D eigenvalue weighted by Gasteiger charge is 2.26. The fraction of sp³-hybridized carbons (Fsp3) is 0.875. The molecule has 1 heterocycles. The molecular formula is C8H16O2S2. The van der Waals surface area contributed by atoms with E-state index < -0.39 is 5.97 Å². The van der Waals surface area contributed by atoms with E-state index in [1.807, 2.05) is 11.8 Å². The first-order valence-corrected chi connectivity index (χ1v) is 7.24. The summed E-state index contributed by atoms with van der Waals surface area (Å²) < 4.78 is 0. The lowest BCUT2D eigenvalue weighted by Crippen LogP contribution is -2.21. The number of thiol groups is 1. The first kappa shape index (κ1) is 10.3. The number of carboxylic acid groups (broad SMARTS) is 1. The molecule has 0 aromatic rings. The summed E-state index contributed by atoms with van der Waals surface area (Å²) in [5.41, 5.74) is 0. The average molecular weight is 208 g/mol. The van der Waals surface area contributed by atoms with Crippen molar-refractivity contribution >= 4 is 28.6 Å². The van der Waals surface area contributed by atoms with Crippen molar-refractivity contribution in [2.75, 3.05) is 16.6 Å². The topological polar surface area (TPSA) is 37.3 Å². The predicted octanol–water partition coefficient (Wildman–Crippen LogP) is 1.95. The van der Waals surface area contributed by atoms with Crippen LogP contribution in [0.1, 0.15) is 19.8 Å². The molecule has 0 saturated carbocycles. The molecule has 12 heavy (non-hydrogen) atoms. The molecule has 0 aliphatic carbocycles. The van der Waals surface area contributed by atoms with E-state index in [4.69, 9.17) is 5.11 Å². The van der Waals surface area contributed by atoms with Gasteiger partial charge in [0.15, 0.2) is 0 Å². The molecule has 1 aliphatic rings. The van der Waals surface area contributed by atoms with Crippen LogP contribution in [0.15, 0.2) is 0 Å². The van der Waals surface area contributed by atoms with Crippen LogP contribution in [0.25, 0.3) is 0 Å². The molecule has 72 valence electrons. The first-order chi connectivity index (χ1) is 5.75. The maximum Gasteiger partial charge on any atom is 0.314 e. The van der Waals surface area contributed by atoms with Crippen molar-refractivity contribution in [3.05, 3.63) is 0 Å². The van der Waals surface area contributed by atoms with Gasteiger partial charge in [-0.05, 0) is 12.2 Å². The van der Waals surface area contributed by atoms with Crippen LogP contribution >= 0.6 is 22.7 Å². The van der Waals surface area contributed by atoms with Crippen LogP contribution in [0.4, 0.5) is 0 Å². The van der Waals surface area contributed by atoms with Gasteiger partial charge in [-0.1, -0.05) is 13.3 Å². The second-order valence-corrected chi connectivity index (χ2v) is 7.09. The summed E-state index contributed by atoms with van der Waals surface area (Å²) in [6.07, 6.45) is 1.88. The molecule has 2 atom stereocenters. The summed E-state index contributed by atoms with van der Waals surface area (Å²) in [5, 5.41) is 10.1. The van der Waals surface area contributed by atoms with Crippen LogP contribution in [0.3, 0.4) is 0 Å². The van der Waals surface area contributed by atoms with Gasteiger partial charge in [0.05, 0.1) is 5.25 Å². The Morgan fingerprint density at radius 3 is 2.92 bits per heavy atom. The molecule has 0 bridgehead atoms. The highest BCUT2D eigenvalue weighted by Crippen LogP contribution is 2.43. The van der Waals surface area contributed by atoms with Gasteiger partial charge < -0.3 is 5.11 Å². The number of aliphatic carboxylic acids is 1. The van der Waals surface area contributed by atoms with Crippen LogP contribution in [0, 0.1) is 0 Å². The van der Waals surface area contributed by atoms with Gasteiger partial charge in [0, 0.05) is 10.8 Å². The maximum atomic E-state index is 10.9. The number of hydrogen-bond acceptors (Lipinski definition) is 2. The van der Waals surface area contributed by atoms with Gasteiger partial charge >= 0.3 is 5.97 Å². The molecule has 0 aromatic heterocycles. The van der Waals surface area contributed by atoms with Crippen LogP contribution in [0.5, 0.6) is 0 Å². The van der Waals surface area contributed by atoms with Crippen molar-refractivity contribution in [1.29, 1.82) is 0 Å². The van der Waals surface area contributed by atoms with E-state index in [2.05, 4.69) is 6.92 Å². The quantitative estimate of drug-likeness (QED) is 0.693. The van der Waals surface area contributed by atoms with E-state index in [1.54, 1.807) is 0 Å². The monoisotopic (exact) mass is 208 g/mol. The lowest BCUT2D eigenvalue weighted by molar-refractivity contribution is -0.136. The molecule has 4 heteroatoms. The Morgan fingerprint density at radius 2 is 2.50 bits per heavy atom. The summed E-state index contributed by atoms with van der Waals surface area (Å²) >= 11 is 1.92. The molecule has 0 spiro atoms. The van der Waals surface area contributed by atoms with Gasteiger partial charge in [-0.3, -0.25) is 4.79 Å². The van der Waals surface area contributed by atoms with Crippen LogP contribution in [-0.2, 0) is 4.79 Å². The van der Waals surface area contributed by atoms with Crippen molar-refractivity contribution in [2.24, 2.45) is 0 Å². The number of rotatable bonds is 4. The minimum Gasteiger partial charge on any atom is -0.480 e. The molecule has 1 rings (SSSR count). The maximum absolute atomic E-state index is 10.9. The standard InChI is InChI=1S/C8H16O2S2/c1-2-3-7(8(9)10)12-5-4-11-6-12/h7,12H,2-6H2,1H3,(H,9,10). The van der Waals surface area contributed by atoms with Crippen molar-refractivity contribution < 1.29 is 9.90 Å². The number of carboxylic acids is 1.